The lowest BCUT2D eigenvalue weighted by Crippen LogP contribution is -2.29. The van der Waals surface area contributed by atoms with E-state index in [2.05, 4.69) is 34.8 Å². The summed E-state index contributed by atoms with van der Waals surface area (Å²) in [5, 5.41) is 21.8. The average molecular weight is 283 g/mol. The maximum absolute atomic E-state index is 11.5. The summed E-state index contributed by atoms with van der Waals surface area (Å²) in [4.78, 5) is 22.1. The van der Waals surface area contributed by atoms with E-state index in [0.29, 0.717) is 25.6 Å². The predicted octanol–water partition coefficient (Wildman–Crippen LogP) is -0.129. The standard InChI is InChI=1S/C12H21N5O3/c1-9(2)13-5-3-4-11(18)14-6-7-17-8-10(12(19)20)15-16-17/h8-9,13H,3-7H2,1-2H3,(H,14,18)(H,19,20). The normalized spacial score (nSPS) is 10.8. The van der Waals surface area contributed by atoms with Crippen molar-refractivity contribution in [3.05, 3.63) is 11.9 Å². The molecule has 0 unspecified atom stereocenters. The number of carbonyl (C=O) groups is 2. The van der Waals surface area contributed by atoms with Crippen LogP contribution in [0.1, 0.15) is 37.2 Å². The summed E-state index contributed by atoms with van der Waals surface area (Å²) in [6, 6.07) is 0.425. The van der Waals surface area contributed by atoms with Gasteiger partial charge >= 0.3 is 5.97 Å². The molecule has 0 spiro atoms. The van der Waals surface area contributed by atoms with Crippen molar-refractivity contribution < 1.29 is 14.7 Å². The minimum atomic E-state index is -1.11. The summed E-state index contributed by atoms with van der Waals surface area (Å²) in [5.74, 6) is -1.13. The Morgan fingerprint density at radius 1 is 1.40 bits per heavy atom. The maximum atomic E-state index is 11.5. The molecule has 0 saturated heterocycles. The Kier molecular flexibility index (Phi) is 6.65. The van der Waals surface area contributed by atoms with Gasteiger partial charge in [-0.2, -0.15) is 0 Å². The molecule has 1 amide bonds. The molecule has 3 N–H and O–H groups in total. The lowest BCUT2D eigenvalue weighted by molar-refractivity contribution is -0.121. The van der Waals surface area contributed by atoms with Crippen LogP contribution >= 0.6 is 0 Å². The summed E-state index contributed by atoms with van der Waals surface area (Å²) >= 11 is 0. The fourth-order valence-corrected chi connectivity index (χ4v) is 1.54. The van der Waals surface area contributed by atoms with Crippen molar-refractivity contribution in [2.75, 3.05) is 13.1 Å². The van der Waals surface area contributed by atoms with Gasteiger partial charge in [-0.05, 0) is 13.0 Å². The molecular formula is C12H21N5O3. The van der Waals surface area contributed by atoms with Crippen LogP contribution in [-0.4, -0.2) is 51.1 Å². The number of carboxylic acid groups (broad SMARTS) is 1. The highest BCUT2D eigenvalue weighted by molar-refractivity contribution is 5.84. The lowest BCUT2D eigenvalue weighted by atomic mass is 10.2. The highest BCUT2D eigenvalue weighted by atomic mass is 16.4. The first-order valence-corrected chi connectivity index (χ1v) is 6.62. The highest BCUT2D eigenvalue weighted by Crippen LogP contribution is 1.92. The number of nitrogens with zero attached hydrogens (tertiary/aromatic N) is 3. The molecule has 8 nitrogen and oxygen atoms in total. The Morgan fingerprint density at radius 3 is 2.75 bits per heavy atom. The minimum Gasteiger partial charge on any atom is -0.476 e. The van der Waals surface area contributed by atoms with Gasteiger partial charge < -0.3 is 15.7 Å². The largest absolute Gasteiger partial charge is 0.476 e. The van der Waals surface area contributed by atoms with Gasteiger partial charge in [-0.15, -0.1) is 5.10 Å². The van der Waals surface area contributed by atoms with E-state index >= 15 is 0 Å². The molecule has 0 aromatic carbocycles. The third-order valence-electron chi connectivity index (χ3n) is 2.55. The number of hydrogen-bond donors (Lipinski definition) is 3. The van der Waals surface area contributed by atoms with E-state index in [1.807, 2.05) is 0 Å². The number of aromatic nitrogens is 3. The second-order valence-electron chi connectivity index (χ2n) is 4.73. The number of amides is 1. The SMILES string of the molecule is CC(C)NCCCC(=O)NCCn1cc(C(=O)O)nn1. The van der Waals surface area contributed by atoms with Gasteiger partial charge in [-0.25, -0.2) is 9.48 Å². The number of carbonyl (C=O) groups excluding carboxylic acids is 1. The number of carboxylic acids is 1. The van der Waals surface area contributed by atoms with Crippen LogP contribution in [-0.2, 0) is 11.3 Å². The van der Waals surface area contributed by atoms with E-state index in [4.69, 9.17) is 5.11 Å². The van der Waals surface area contributed by atoms with Gasteiger partial charge in [-0.3, -0.25) is 4.79 Å². The van der Waals surface area contributed by atoms with Gasteiger partial charge in [0.15, 0.2) is 5.69 Å². The van der Waals surface area contributed by atoms with Crippen molar-refractivity contribution in [1.29, 1.82) is 0 Å². The lowest BCUT2D eigenvalue weighted by Gasteiger charge is -2.08. The maximum Gasteiger partial charge on any atom is 0.358 e. The first-order valence-electron chi connectivity index (χ1n) is 6.62. The monoisotopic (exact) mass is 283 g/mol. The van der Waals surface area contributed by atoms with E-state index in [1.54, 1.807) is 0 Å². The number of hydrogen-bond acceptors (Lipinski definition) is 5. The van der Waals surface area contributed by atoms with Gasteiger partial charge in [0.1, 0.15) is 0 Å². The van der Waals surface area contributed by atoms with E-state index < -0.39 is 5.97 Å². The van der Waals surface area contributed by atoms with Gasteiger partial charge in [0.25, 0.3) is 0 Å². The van der Waals surface area contributed by atoms with Crippen LogP contribution in [0, 0.1) is 0 Å². The van der Waals surface area contributed by atoms with Crippen molar-refractivity contribution in [3.63, 3.8) is 0 Å². The van der Waals surface area contributed by atoms with Crippen molar-refractivity contribution in [3.8, 4) is 0 Å². The molecule has 112 valence electrons. The van der Waals surface area contributed by atoms with Crippen LogP contribution in [0.4, 0.5) is 0 Å². The first kappa shape index (κ1) is 16.1. The zero-order valence-electron chi connectivity index (χ0n) is 11.8. The Balaban J connectivity index is 2.13. The molecule has 0 aliphatic rings. The van der Waals surface area contributed by atoms with Crippen LogP contribution in [0.15, 0.2) is 6.20 Å². The zero-order valence-corrected chi connectivity index (χ0v) is 11.8. The van der Waals surface area contributed by atoms with Crippen LogP contribution < -0.4 is 10.6 Å². The summed E-state index contributed by atoms with van der Waals surface area (Å²) in [5.41, 5.74) is -0.101. The van der Waals surface area contributed by atoms with E-state index in [9.17, 15) is 9.59 Å². The van der Waals surface area contributed by atoms with Crippen LogP contribution in [0.2, 0.25) is 0 Å². The molecule has 8 heteroatoms. The summed E-state index contributed by atoms with van der Waals surface area (Å²) in [7, 11) is 0. The molecule has 0 aliphatic heterocycles. The second kappa shape index (κ2) is 8.26. The zero-order chi connectivity index (χ0) is 15.0. The Labute approximate surface area is 117 Å². The van der Waals surface area contributed by atoms with Crippen molar-refractivity contribution in [2.45, 2.75) is 39.3 Å². The smallest absolute Gasteiger partial charge is 0.358 e. The van der Waals surface area contributed by atoms with Crippen molar-refractivity contribution >= 4 is 11.9 Å². The fourth-order valence-electron chi connectivity index (χ4n) is 1.54. The molecule has 0 aliphatic carbocycles. The van der Waals surface area contributed by atoms with Gasteiger partial charge in [-0.1, -0.05) is 19.1 Å². The van der Waals surface area contributed by atoms with E-state index in [-0.39, 0.29) is 11.6 Å². The summed E-state index contributed by atoms with van der Waals surface area (Å²) in [6.07, 6.45) is 2.59. The van der Waals surface area contributed by atoms with Gasteiger partial charge in [0, 0.05) is 19.0 Å². The molecule has 1 heterocycles. The topological polar surface area (TPSA) is 109 Å². The average Bonchev–Trinajstić information content (AvgIpc) is 2.83. The minimum absolute atomic E-state index is 0.0193. The number of nitrogens with one attached hydrogen (secondary N) is 2. The Hall–Kier alpha value is -1.96. The molecular weight excluding hydrogens is 262 g/mol. The fraction of sp³-hybridized carbons (Fsp3) is 0.667. The highest BCUT2D eigenvalue weighted by Gasteiger charge is 2.08. The Bertz CT molecular complexity index is 444. The van der Waals surface area contributed by atoms with Gasteiger partial charge in [0.2, 0.25) is 5.91 Å². The molecule has 0 saturated carbocycles. The Morgan fingerprint density at radius 2 is 2.15 bits per heavy atom. The number of rotatable bonds is 9. The van der Waals surface area contributed by atoms with E-state index in [1.165, 1.54) is 10.9 Å². The third kappa shape index (κ3) is 6.28. The molecule has 0 bridgehead atoms. The molecule has 1 aromatic heterocycles. The predicted molar refractivity (Wildman–Crippen MR) is 72.4 cm³/mol. The van der Waals surface area contributed by atoms with E-state index in [0.717, 1.165) is 13.0 Å². The van der Waals surface area contributed by atoms with Gasteiger partial charge in [0.05, 0.1) is 12.7 Å². The molecule has 20 heavy (non-hydrogen) atoms. The van der Waals surface area contributed by atoms with Crippen LogP contribution in [0.5, 0.6) is 0 Å². The van der Waals surface area contributed by atoms with Crippen LogP contribution in [0.25, 0.3) is 0 Å². The van der Waals surface area contributed by atoms with Crippen molar-refractivity contribution in [1.82, 2.24) is 25.6 Å². The van der Waals surface area contributed by atoms with Crippen molar-refractivity contribution in [2.24, 2.45) is 0 Å². The number of aromatic carboxylic acids is 1. The molecule has 0 radical (unpaired) electrons. The summed E-state index contributed by atoms with van der Waals surface area (Å²) < 4.78 is 1.39. The molecule has 0 atom stereocenters. The molecule has 1 rings (SSSR count). The third-order valence-corrected chi connectivity index (χ3v) is 2.55. The molecule has 0 fully saturated rings. The first-order chi connectivity index (χ1) is 9.49. The van der Waals surface area contributed by atoms with Crippen LogP contribution in [0.3, 0.4) is 0 Å². The molecule has 1 aromatic rings. The summed E-state index contributed by atoms with van der Waals surface area (Å²) in [6.45, 7) is 5.73. The quantitative estimate of drug-likeness (QED) is 0.545. The second-order valence-corrected chi connectivity index (χ2v) is 4.73.